The Morgan fingerprint density at radius 2 is 1.92 bits per heavy atom. The lowest BCUT2D eigenvalue weighted by Crippen LogP contribution is -2.38. The number of amides is 1. The molecule has 0 bridgehead atoms. The molecule has 2 aromatic rings. The van der Waals surface area contributed by atoms with Gasteiger partial charge in [0.25, 0.3) is 0 Å². The molecule has 0 radical (unpaired) electrons. The third-order valence-electron chi connectivity index (χ3n) is 3.84. The zero-order chi connectivity index (χ0) is 17.6. The third-order valence-corrected chi connectivity index (χ3v) is 3.84. The number of rotatable bonds is 5. The molecule has 1 aliphatic rings. The first kappa shape index (κ1) is 16.8. The first-order valence-electron chi connectivity index (χ1n) is 8.21. The molecule has 6 heteroatoms. The van der Waals surface area contributed by atoms with Gasteiger partial charge in [0, 0.05) is 5.69 Å². The summed E-state index contributed by atoms with van der Waals surface area (Å²) in [5.74, 6) is 0.297. The topological polar surface area (TPSA) is 67.9 Å². The van der Waals surface area contributed by atoms with E-state index in [1.807, 2.05) is 29.2 Å². The number of anilines is 2. The number of ether oxygens (including phenoxy) is 2. The van der Waals surface area contributed by atoms with Gasteiger partial charge in [-0.25, -0.2) is 4.79 Å². The van der Waals surface area contributed by atoms with Crippen LogP contribution in [0.4, 0.5) is 11.4 Å². The van der Waals surface area contributed by atoms with Crippen molar-refractivity contribution in [2.45, 2.75) is 6.92 Å². The summed E-state index contributed by atoms with van der Waals surface area (Å²) >= 11 is 0. The Balaban J connectivity index is 1.61. The van der Waals surface area contributed by atoms with Crippen molar-refractivity contribution in [2.24, 2.45) is 0 Å². The number of hydrogen-bond acceptors (Lipinski definition) is 5. The molecule has 0 aliphatic carbocycles. The van der Waals surface area contributed by atoms with E-state index in [1.54, 1.807) is 31.2 Å². The van der Waals surface area contributed by atoms with Crippen LogP contribution in [-0.2, 0) is 9.53 Å². The molecule has 3 rings (SSSR count). The first-order valence-corrected chi connectivity index (χ1v) is 8.21. The van der Waals surface area contributed by atoms with Gasteiger partial charge in [0.15, 0.2) is 0 Å². The van der Waals surface area contributed by atoms with Crippen molar-refractivity contribution >= 4 is 23.3 Å². The fourth-order valence-corrected chi connectivity index (χ4v) is 2.67. The summed E-state index contributed by atoms with van der Waals surface area (Å²) in [6, 6.07) is 14.3. The predicted octanol–water partition coefficient (Wildman–Crippen LogP) is 2.70. The standard InChI is InChI=1S/C19H20N2O4/c1-2-24-19(23)14-7-9-15(10-8-14)20-18(22)13-21-11-12-25-17-6-4-3-5-16(17)21/h3-10H,2,11-13H2,1H3,(H,20,22). The van der Waals surface area contributed by atoms with E-state index < -0.39 is 0 Å². The van der Waals surface area contributed by atoms with Gasteiger partial charge in [0.1, 0.15) is 12.4 Å². The number of nitrogens with one attached hydrogen (secondary N) is 1. The lowest BCUT2D eigenvalue weighted by molar-refractivity contribution is -0.115. The Morgan fingerprint density at radius 3 is 2.68 bits per heavy atom. The van der Waals surface area contributed by atoms with Crippen LogP contribution in [-0.4, -0.2) is 38.2 Å². The van der Waals surface area contributed by atoms with Gasteiger partial charge in [0.2, 0.25) is 5.91 Å². The molecular weight excluding hydrogens is 320 g/mol. The van der Waals surface area contributed by atoms with Crippen LogP contribution in [0.15, 0.2) is 48.5 Å². The lowest BCUT2D eigenvalue weighted by Gasteiger charge is -2.30. The zero-order valence-corrected chi connectivity index (χ0v) is 14.0. The van der Waals surface area contributed by atoms with Crippen LogP contribution in [0, 0.1) is 0 Å². The minimum absolute atomic E-state index is 0.124. The summed E-state index contributed by atoms with van der Waals surface area (Å²) < 4.78 is 10.5. The molecular formula is C19H20N2O4. The SMILES string of the molecule is CCOC(=O)c1ccc(NC(=O)CN2CCOc3ccccc32)cc1. The van der Waals surface area contributed by atoms with Crippen LogP contribution in [0.2, 0.25) is 0 Å². The van der Waals surface area contributed by atoms with Crippen LogP contribution in [0.1, 0.15) is 17.3 Å². The maximum atomic E-state index is 12.3. The van der Waals surface area contributed by atoms with E-state index >= 15 is 0 Å². The van der Waals surface area contributed by atoms with Gasteiger partial charge in [-0.3, -0.25) is 4.79 Å². The van der Waals surface area contributed by atoms with Gasteiger partial charge in [0.05, 0.1) is 30.9 Å². The fourth-order valence-electron chi connectivity index (χ4n) is 2.67. The van der Waals surface area contributed by atoms with Crippen LogP contribution in [0.25, 0.3) is 0 Å². The Bertz CT molecular complexity index is 758. The molecule has 1 heterocycles. The normalized spacial score (nSPS) is 12.8. The molecule has 1 N–H and O–H groups in total. The maximum absolute atomic E-state index is 12.3. The Kier molecular flexibility index (Phi) is 5.18. The number of benzene rings is 2. The van der Waals surface area contributed by atoms with Crippen molar-refractivity contribution in [2.75, 3.05) is 36.5 Å². The van der Waals surface area contributed by atoms with Crippen molar-refractivity contribution in [3.8, 4) is 5.75 Å². The Hall–Kier alpha value is -3.02. The van der Waals surface area contributed by atoms with Gasteiger partial charge in [-0.1, -0.05) is 12.1 Å². The highest BCUT2D eigenvalue weighted by Crippen LogP contribution is 2.30. The molecule has 1 aliphatic heterocycles. The second kappa shape index (κ2) is 7.70. The summed E-state index contributed by atoms with van der Waals surface area (Å²) in [4.78, 5) is 25.9. The van der Waals surface area contributed by atoms with Crippen molar-refractivity contribution < 1.29 is 19.1 Å². The van der Waals surface area contributed by atoms with Gasteiger partial charge in [-0.05, 0) is 43.3 Å². The number of carbonyl (C=O) groups excluding carboxylic acids is 2. The summed E-state index contributed by atoms with van der Waals surface area (Å²) in [5.41, 5.74) is 2.02. The van der Waals surface area contributed by atoms with Crippen molar-refractivity contribution in [3.05, 3.63) is 54.1 Å². The van der Waals surface area contributed by atoms with E-state index in [9.17, 15) is 9.59 Å². The van der Waals surface area contributed by atoms with Crippen LogP contribution in [0.3, 0.4) is 0 Å². The second-order valence-corrected chi connectivity index (χ2v) is 5.58. The lowest BCUT2D eigenvalue weighted by atomic mass is 10.2. The minimum Gasteiger partial charge on any atom is -0.490 e. The minimum atomic E-state index is -0.370. The molecule has 25 heavy (non-hydrogen) atoms. The van der Waals surface area contributed by atoms with E-state index in [0.29, 0.717) is 31.0 Å². The zero-order valence-electron chi connectivity index (χ0n) is 14.0. The highest BCUT2D eigenvalue weighted by molar-refractivity contribution is 5.95. The molecule has 130 valence electrons. The molecule has 0 aromatic heterocycles. The largest absolute Gasteiger partial charge is 0.490 e. The average Bonchev–Trinajstić information content (AvgIpc) is 2.63. The highest BCUT2D eigenvalue weighted by atomic mass is 16.5. The second-order valence-electron chi connectivity index (χ2n) is 5.58. The molecule has 0 spiro atoms. The number of esters is 1. The first-order chi connectivity index (χ1) is 12.2. The molecule has 0 atom stereocenters. The van der Waals surface area contributed by atoms with Crippen LogP contribution < -0.4 is 15.0 Å². The summed E-state index contributed by atoms with van der Waals surface area (Å²) in [5, 5.41) is 2.84. The molecule has 0 unspecified atom stereocenters. The number of nitrogens with zero attached hydrogens (tertiary/aromatic N) is 1. The van der Waals surface area contributed by atoms with Crippen molar-refractivity contribution in [1.82, 2.24) is 0 Å². The fraction of sp³-hybridized carbons (Fsp3) is 0.263. The van der Waals surface area contributed by atoms with E-state index in [0.717, 1.165) is 11.4 Å². The predicted molar refractivity (Wildman–Crippen MR) is 95.2 cm³/mol. The Morgan fingerprint density at radius 1 is 1.16 bits per heavy atom. The number of fused-ring (bicyclic) bond motifs is 1. The van der Waals surface area contributed by atoms with Crippen LogP contribution >= 0.6 is 0 Å². The number of para-hydroxylation sites is 2. The van der Waals surface area contributed by atoms with E-state index in [2.05, 4.69) is 5.32 Å². The van der Waals surface area contributed by atoms with E-state index in [-0.39, 0.29) is 18.4 Å². The van der Waals surface area contributed by atoms with E-state index in [4.69, 9.17) is 9.47 Å². The average molecular weight is 340 g/mol. The van der Waals surface area contributed by atoms with Gasteiger partial charge in [-0.2, -0.15) is 0 Å². The van der Waals surface area contributed by atoms with Crippen molar-refractivity contribution in [1.29, 1.82) is 0 Å². The molecule has 6 nitrogen and oxygen atoms in total. The van der Waals surface area contributed by atoms with Gasteiger partial charge in [-0.15, -0.1) is 0 Å². The van der Waals surface area contributed by atoms with Crippen LogP contribution in [0.5, 0.6) is 5.75 Å². The van der Waals surface area contributed by atoms with Crippen molar-refractivity contribution in [3.63, 3.8) is 0 Å². The Labute approximate surface area is 146 Å². The molecule has 0 saturated carbocycles. The smallest absolute Gasteiger partial charge is 0.338 e. The molecule has 0 saturated heterocycles. The molecule has 2 aromatic carbocycles. The maximum Gasteiger partial charge on any atom is 0.338 e. The molecule has 1 amide bonds. The summed E-state index contributed by atoms with van der Waals surface area (Å²) in [7, 11) is 0. The third kappa shape index (κ3) is 4.09. The number of hydrogen-bond donors (Lipinski definition) is 1. The number of carbonyl (C=O) groups is 2. The monoisotopic (exact) mass is 340 g/mol. The highest BCUT2D eigenvalue weighted by Gasteiger charge is 2.19. The van der Waals surface area contributed by atoms with Gasteiger partial charge < -0.3 is 19.7 Å². The summed E-state index contributed by atoms with van der Waals surface area (Å²) in [6.45, 7) is 3.54. The van der Waals surface area contributed by atoms with Gasteiger partial charge >= 0.3 is 5.97 Å². The quantitative estimate of drug-likeness (QED) is 0.848. The van der Waals surface area contributed by atoms with E-state index in [1.165, 1.54) is 0 Å². The summed E-state index contributed by atoms with van der Waals surface area (Å²) in [6.07, 6.45) is 0. The molecule has 0 fully saturated rings.